The Bertz CT molecular complexity index is 416. The van der Waals surface area contributed by atoms with E-state index in [0.717, 1.165) is 12.8 Å². The highest BCUT2D eigenvalue weighted by Gasteiger charge is 2.31. The van der Waals surface area contributed by atoms with Crippen molar-refractivity contribution in [1.29, 1.82) is 0 Å². The third-order valence-electron chi connectivity index (χ3n) is 2.33. The smallest absolute Gasteiger partial charge is 0.339 e. The van der Waals surface area contributed by atoms with Gasteiger partial charge in [0.2, 0.25) is 0 Å². The number of esters is 1. The van der Waals surface area contributed by atoms with E-state index in [2.05, 4.69) is 9.72 Å². The molecule has 0 spiro atoms. The van der Waals surface area contributed by atoms with Crippen LogP contribution in [0.4, 0.5) is 0 Å². The first-order valence-electron chi connectivity index (χ1n) is 4.57. The molecule has 1 heterocycles. The van der Waals surface area contributed by atoms with E-state index in [-0.39, 0.29) is 10.2 Å². The van der Waals surface area contributed by atoms with Gasteiger partial charge in [0.15, 0.2) is 0 Å². The monoisotopic (exact) mass is 245 g/mol. The molecule has 2 rings (SSSR count). The fourth-order valence-electron chi connectivity index (χ4n) is 1.42. The van der Waals surface area contributed by atoms with Gasteiger partial charge in [0.1, 0.15) is 5.15 Å². The molecular weight excluding hydrogens is 237 g/mol. The Morgan fingerprint density at radius 3 is 2.73 bits per heavy atom. The van der Waals surface area contributed by atoms with Crippen LogP contribution in [0.2, 0.25) is 10.2 Å². The molecule has 0 aromatic carbocycles. The van der Waals surface area contributed by atoms with Gasteiger partial charge in [0.25, 0.3) is 0 Å². The number of carbonyl (C=O) groups excluding carboxylic acids is 1. The first-order valence-corrected chi connectivity index (χ1v) is 5.33. The Morgan fingerprint density at radius 2 is 2.20 bits per heavy atom. The van der Waals surface area contributed by atoms with Crippen LogP contribution >= 0.6 is 23.2 Å². The minimum absolute atomic E-state index is 0.242. The maximum Gasteiger partial charge on any atom is 0.339 e. The van der Waals surface area contributed by atoms with Crippen molar-refractivity contribution in [2.75, 3.05) is 7.11 Å². The normalized spacial score (nSPS) is 15.1. The molecule has 1 fully saturated rings. The highest BCUT2D eigenvalue weighted by Crippen LogP contribution is 2.42. The van der Waals surface area contributed by atoms with Gasteiger partial charge in [-0.15, -0.1) is 0 Å². The van der Waals surface area contributed by atoms with Gasteiger partial charge in [-0.05, 0) is 18.9 Å². The van der Waals surface area contributed by atoms with Gasteiger partial charge in [-0.2, -0.15) is 0 Å². The van der Waals surface area contributed by atoms with Crippen LogP contribution in [0.15, 0.2) is 6.07 Å². The summed E-state index contributed by atoms with van der Waals surface area (Å²) in [6, 6.07) is 1.52. The molecule has 0 bridgehead atoms. The Labute approximate surface area is 97.4 Å². The van der Waals surface area contributed by atoms with Crippen LogP contribution in [0.3, 0.4) is 0 Å². The zero-order valence-electron chi connectivity index (χ0n) is 8.09. The van der Waals surface area contributed by atoms with Crippen molar-refractivity contribution in [2.24, 2.45) is 0 Å². The number of halogens is 2. The van der Waals surface area contributed by atoms with E-state index in [1.807, 2.05) is 0 Å². The average Bonchev–Trinajstić information content (AvgIpc) is 3.04. The number of nitrogens with zero attached hydrogens (tertiary/aromatic N) is 1. The van der Waals surface area contributed by atoms with Crippen molar-refractivity contribution in [1.82, 2.24) is 4.98 Å². The van der Waals surface area contributed by atoms with Crippen LogP contribution in [0.5, 0.6) is 0 Å². The zero-order chi connectivity index (χ0) is 11.0. The van der Waals surface area contributed by atoms with Gasteiger partial charge in [-0.25, -0.2) is 9.78 Å². The lowest BCUT2D eigenvalue weighted by Crippen LogP contribution is -2.07. The molecule has 1 aromatic rings. The molecule has 0 saturated heterocycles. The van der Waals surface area contributed by atoms with Crippen LogP contribution in [0.25, 0.3) is 0 Å². The van der Waals surface area contributed by atoms with Crippen molar-refractivity contribution in [3.63, 3.8) is 0 Å². The molecule has 0 unspecified atom stereocenters. The predicted octanol–water partition coefficient (Wildman–Crippen LogP) is 3.05. The Hall–Kier alpha value is -0.800. The summed E-state index contributed by atoms with van der Waals surface area (Å²) in [5.74, 6) is -0.0863. The van der Waals surface area contributed by atoms with Crippen LogP contribution in [-0.2, 0) is 4.74 Å². The standard InChI is InChI=1S/C10H9Cl2NO2/c1-15-10(14)6-4-7(11)9(12)13-8(6)5-2-3-5/h4-5H,2-3H2,1H3. The van der Waals surface area contributed by atoms with E-state index in [1.165, 1.54) is 13.2 Å². The van der Waals surface area contributed by atoms with Crippen molar-refractivity contribution in [3.05, 3.63) is 27.5 Å². The second-order valence-corrected chi connectivity index (χ2v) is 4.22. The molecule has 1 aliphatic carbocycles. The SMILES string of the molecule is COC(=O)c1cc(Cl)c(Cl)nc1C1CC1. The molecule has 0 aliphatic heterocycles. The van der Waals surface area contributed by atoms with Gasteiger partial charge in [-0.1, -0.05) is 23.2 Å². The lowest BCUT2D eigenvalue weighted by Gasteiger charge is -2.07. The third-order valence-corrected chi connectivity index (χ3v) is 3.01. The summed E-state index contributed by atoms with van der Waals surface area (Å²) in [7, 11) is 1.33. The molecule has 1 aliphatic rings. The van der Waals surface area contributed by atoms with Gasteiger partial charge in [-0.3, -0.25) is 0 Å². The molecule has 0 atom stereocenters. The van der Waals surface area contributed by atoms with Crippen LogP contribution < -0.4 is 0 Å². The highest BCUT2D eigenvalue weighted by atomic mass is 35.5. The number of pyridine rings is 1. The maximum absolute atomic E-state index is 11.5. The summed E-state index contributed by atoms with van der Waals surface area (Å²) in [4.78, 5) is 15.6. The van der Waals surface area contributed by atoms with E-state index in [1.54, 1.807) is 0 Å². The molecule has 80 valence electrons. The maximum atomic E-state index is 11.5. The number of ether oxygens (including phenoxy) is 1. The molecular formula is C10H9Cl2NO2. The highest BCUT2D eigenvalue weighted by molar-refractivity contribution is 6.41. The summed E-state index contributed by atoms with van der Waals surface area (Å²) in [6.45, 7) is 0. The van der Waals surface area contributed by atoms with Crippen molar-refractivity contribution in [3.8, 4) is 0 Å². The number of carbonyl (C=O) groups is 1. The fraction of sp³-hybridized carbons (Fsp3) is 0.400. The molecule has 0 radical (unpaired) electrons. The molecule has 3 nitrogen and oxygen atoms in total. The van der Waals surface area contributed by atoms with Crippen molar-refractivity contribution >= 4 is 29.2 Å². The lowest BCUT2D eigenvalue weighted by molar-refractivity contribution is 0.0599. The van der Waals surface area contributed by atoms with E-state index in [4.69, 9.17) is 23.2 Å². The third kappa shape index (κ3) is 2.08. The van der Waals surface area contributed by atoms with E-state index in [9.17, 15) is 4.79 Å². The topological polar surface area (TPSA) is 39.2 Å². The minimum Gasteiger partial charge on any atom is -0.465 e. The number of methoxy groups -OCH3 is 1. The second-order valence-electron chi connectivity index (χ2n) is 3.46. The Kier molecular flexibility index (Phi) is 2.85. The minimum atomic E-state index is -0.414. The van der Waals surface area contributed by atoms with E-state index < -0.39 is 5.97 Å². The number of aromatic nitrogens is 1. The zero-order valence-corrected chi connectivity index (χ0v) is 9.60. The average molecular weight is 246 g/mol. The lowest BCUT2D eigenvalue weighted by atomic mass is 10.1. The van der Waals surface area contributed by atoms with Gasteiger partial charge < -0.3 is 4.74 Å². The number of hydrogen-bond donors (Lipinski definition) is 0. The molecule has 0 amide bonds. The summed E-state index contributed by atoms with van der Waals surface area (Å²) < 4.78 is 4.67. The molecule has 15 heavy (non-hydrogen) atoms. The number of rotatable bonds is 2. The predicted molar refractivity (Wildman–Crippen MR) is 57.6 cm³/mol. The summed E-state index contributed by atoms with van der Waals surface area (Å²) in [5, 5.41) is 0.521. The second kappa shape index (κ2) is 3.99. The summed E-state index contributed by atoms with van der Waals surface area (Å²) in [6.07, 6.45) is 2.07. The van der Waals surface area contributed by atoms with E-state index in [0.29, 0.717) is 17.2 Å². The van der Waals surface area contributed by atoms with E-state index >= 15 is 0 Å². The summed E-state index contributed by atoms with van der Waals surface area (Å²) in [5.41, 5.74) is 1.13. The van der Waals surface area contributed by atoms with Gasteiger partial charge in [0, 0.05) is 5.92 Å². The Morgan fingerprint density at radius 1 is 1.53 bits per heavy atom. The molecule has 5 heteroatoms. The summed E-state index contributed by atoms with van der Waals surface area (Å²) >= 11 is 11.6. The first kappa shape index (κ1) is 10.7. The number of hydrogen-bond acceptors (Lipinski definition) is 3. The van der Waals surface area contributed by atoms with Gasteiger partial charge in [0.05, 0.1) is 23.4 Å². The Balaban J connectivity index is 2.49. The fourth-order valence-corrected chi connectivity index (χ4v) is 1.72. The molecule has 1 aromatic heterocycles. The van der Waals surface area contributed by atoms with Crippen LogP contribution in [0.1, 0.15) is 34.8 Å². The first-order chi connectivity index (χ1) is 7.13. The van der Waals surface area contributed by atoms with Crippen molar-refractivity contribution in [2.45, 2.75) is 18.8 Å². The van der Waals surface area contributed by atoms with Crippen LogP contribution in [0, 0.1) is 0 Å². The molecule has 1 saturated carbocycles. The largest absolute Gasteiger partial charge is 0.465 e. The van der Waals surface area contributed by atoms with Gasteiger partial charge >= 0.3 is 5.97 Å². The quantitative estimate of drug-likeness (QED) is 0.594. The van der Waals surface area contributed by atoms with Crippen molar-refractivity contribution < 1.29 is 9.53 Å². The van der Waals surface area contributed by atoms with Crippen LogP contribution in [-0.4, -0.2) is 18.1 Å². The molecule has 0 N–H and O–H groups in total.